The quantitative estimate of drug-likeness (QED) is 0.506. The molecule has 9 nitrogen and oxygen atoms in total. The Bertz CT molecular complexity index is 1260. The number of aromatic nitrogens is 3. The van der Waals surface area contributed by atoms with E-state index in [4.69, 9.17) is 13.7 Å². The van der Waals surface area contributed by atoms with Crippen LogP contribution in [0, 0.1) is 6.92 Å². The van der Waals surface area contributed by atoms with Gasteiger partial charge >= 0.3 is 0 Å². The van der Waals surface area contributed by atoms with Crippen LogP contribution in [-0.2, 0) is 4.79 Å². The Morgan fingerprint density at radius 2 is 1.94 bits per heavy atom. The summed E-state index contributed by atoms with van der Waals surface area (Å²) in [5, 5.41) is 11.1. The highest BCUT2D eigenvalue weighted by molar-refractivity contribution is 5.93. The molecular formula is C22H20N4O5. The fraction of sp³-hybridized carbons (Fsp3) is 0.182. The fourth-order valence-electron chi connectivity index (χ4n) is 3.05. The number of carbonyl (C=O) groups excluding carboxylic acids is 1. The maximum absolute atomic E-state index is 12.8. The number of ether oxygens (including phenoxy) is 1. The Morgan fingerprint density at radius 3 is 2.55 bits per heavy atom. The Labute approximate surface area is 177 Å². The summed E-state index contributed by atoms with van der Waals surface area (Å²) in [6, 6.07) is 12.5. The fourth-order valence-corrected chi connectivity index (χ4v) is 3.05. The van der Waals surface area contributed by atoms with Crippen molar-refractivity contribution in [3.05, 3.63) is 70.8 Å². The third kappa shape index (κ3) is 4.11. The smallest absolute Gasteiger partial charge is 0.268 e. The topological polar surface area (TPSA) is 112 Å². The highest BCUT2D eigenvalue weighted by atomic mass is 16.5. The van der Waals surface area contributed by atoms with Gasteiger partial charge in [0.1, 0.15) is 17.5 Å². The molecule has 4 rings (SSSR count). The molecule has 3 heterocycles. The lowest BCUT2D eigenvalue weighted by molar-refractivity contribution is -0.119. The average molecular weight is 420 g/mol. The second-order valence-corrected chi connectivity index (χ2v) is 6.89. The summed E-state index contributed by atoms with van der Waals surface area (Å²) in [6.07, 6.45) is 1.50. The summed E-state index contributed by atoms with van der Waals surface area (Å²) in [5.74, 6) is 1.09. The third-order valence-electron chi connectivity index (χ3n) is 4.71. The summed E-state index contributed by atoms with van der Waals surface area (Å²) in [6.45, 7) is 3.37. The molecule has 4 aromatic rings. The number of hydrogen-bond acceptors (Lipinski definition) is 7. The number of hydrogen-bond donors (Lipinski definition) is 1. The van der Waals surface area contributed by atoms with Gasteiger partial charge in [0.15, 0.2) is 11.5 Å². The van der Waals surface area contributed by atoms with Gasteiger partial charge in [-0.25, -0.2) is 4.68 Å². The van der Waals surface area contributed by atoms with E-state index in [0.29, 0.717) is 39.9 Å². The van der Waals surface area contributed by atoms with Crippen molar-refractivity contribution in [3.63, 3.8) is 0 Å². The van der Waals surface area contributed by atoms with E-state index in [-0.39, 0.29) is 0 Å². The van der Waals surface area contributed by atoms with Crippen LogP contribution in [0.5, 0.6) is 5.75 Å². The minimum Gasteiger partial charge on any atom is -0.497 e. The molecule has 0 radical (unpaired) electrons. The van der Waals surface area contributed by atoms with E-state index in [1.165, 1.54) is 12.3 Å². The Morgan fingerprint density at radius 1 is 1.16 bits per heavy atom. The molecule has 1 amide bonds. The van der Waals surface area contributed by atoms with Crippen molar-refractivity contribution in [2.75, 3.05) is 12.4 Å². The summed E-state index contributed by atoms with van der Waals surface area (Å²) in [7, 11) is 1.56. The number of furan rings is 1. The molecule has 0 spiro atoms. The third-order valence-corrected chi connectivity index (χ3v) is 4.71. The maximum atomic E-state index is 12.8. The summed E-state index contributed by atoms with van der Waals surface area (Å²) < 4.78 is 17.0. The van der Waals surface area contributed by atoms with Crippen molar-refractivity contribution in [1.82, 2.24) is 14.9 Å². The number of benzene rings is 1. The van der Waals surface area contributed by atoms with E-state index in [1.54, 1.807) is 63.4 Å². The first-order valence-corrected chi connectivity index (χ1v) is 9.52. The van der Waals surface area contributed by atoms with Crippen LogP contribution >= 0.6 is 0 Å². The molecule has 9 heteroatoms. The number of rotatable bonds is 6. The summed E-state index contributed by atoms with van der Waals surface area (Å²) in [4.78, 5) is 25.6. The molecule has 0 fully saturated rings. The lowest BCUT2D eigenvalue weighted by atomic mass is 10.1. The van der Waals surface area contributed by atoms with E-state index in [9.17, 15) is 9.59 Å². The molecule has 0 saturated carbocycles. The lowest BCUT2D eigenvalue weighted by Gasteiger charge is -2.16. The zero-order chi connectivity index (χ0) is 22.0. The van der Waals surface area contributed by atoms with Gasteiger partial charge in [0.05, 0.1) is 24.6 Å². The minimum absolute atomic E-state index is 0.366. The van der Waals surface area contributed by atoms with E-state index < -0.39 is 17.5 Å². The second kappa shape index (κ2) is 8.31. The van der Waals surface area contributed by atoms with Gasteiger partial charge in [-0.1, -0.05) is 5.16 Å². The van der Waals surface area contributed by atoms with Gasteiger partial charge in [-0.05, 0) is 50.2 Å². The van der Waals surface area contributed by atoms with Gasteiger partial charge in [0, 0.05) is 17.8 Å². The normalized spacial score (nSPS) is 11.8. The van der Waals surface area contributed by atoms with Crippen molar-refractivity contribution < 1.29 is 18.5 Å². The number of amides is 1. The van der Waals surface area contributed by atoms with Crippen molar-refractivity contribution >= 4 is 11.6 Å². The Balaban J connectivity index is 1.69. The van der Waals surface area contributed by atoms with Crippen LogP contribution in [0.15, 0.2) is 68.5 Å². The van der Waals surface area contributed by atoms with Crippen LogP contribution in [0.4, 0.5) is 5.69 Å². The number of carbonyl (C=O) groups is 1. The van der Waals surface area contributed by atoms with Gasteiger partial charge in [-0.2, -0.15) is 5.10 Å². The first-order valence-electron chi connectivity index (χ1n) is 9.52. The highest BCUT2D eigenvalue weighted by Gasteiger charge is 2.23. The maximum Gasteiger partial charge on any atom is 0.268 e. The number of nitrogens with one attached hydrogen (secondary N) is 1. The predicted octanol–water partition coefficient (Wildman–Crippen LogP) is 3.68. The van der Waals surface area contributed by atoms with E-state index in [1.807, 2.05) is 0 Å². The van der Waals surface area contributed by atoms with Crippen LogP contribution < -0.4 is 15.6 Å². The molecule has 1 N–H and O–H groups in total. The molecule has 0 aliphatic heterocycles. The van der Waals surface area contributed by atoms with Crippen LogP contribution in [0.25, 0.3) is 22.8 Å². The van der Waals surface area contributed by atoms with E-state index in [0.717, 1.165) is 4.68 Å². The standard InChI is InChI=1S/C22H20N4O5/c1-13-11-19(31-25-13)17-12-20(27)26(24-21(17)18-5-4-10-30-18)14(2)22(28)23-15-6-8-16(29-3)9-7-15/h4-12,14H,1-3H3,(H,23,28)/t14-/m1/s1. The molecule has 3 aromatic heterocycles. The number of nitrogens with zero attached hydrogens (tertiary/aromatic N) is 3. The van der Waals surface area contributed by atoms with Gasteiger partial charge < -0.3 is 19.0 Å². The van der Waals surface area contributed by atoms with E-state index >= 15 is 0 Å². The van der Waals surface area contributed by atoms with Crippen LogP contribution in [0.1, 0.15) is 18.7 Å². The second-order valence-electron chi connectivity index (χ2n) is 6.89. The molecule has 0 aliphatic rings. The molecule has 1 aromatic carbocycles. The van der Waals surface area contributed by atoms with Crippen molar-refractivity contribution in [1.29, 1.82) is 0 Å². The molecule has 0 bridgehead atoms. The molecule has 0 unspecified atom stereocenters. The zero-order valence-electron chi connectivity index (χ0n) is 17.2. The van der Waals surface area contributed by atoms with Gasteiger partial charge in [-0.15, -0.1) is 0 Å². The molecule has 1 atom stereocenters. The molecule has 0 saturated heterocycles. The first-order chi connectivity index (χ1) is 15.0. The van der Waals surface area contributed by atoms with Crippen molar-refractivity contribution in [2.45, 2.75) is 19.9 Å². The van der Waals surface area contributed by atoms with Crippen LogP contribution in [0.3, 0.4) is 0 Å². The molecule has 158 valence electrons. The molecular weight excluding hydrogens is 400 g/mol. The summed E-state index contributed by atoms with van der Waals surface area (Å²) >= 11 is 0. The highest BCUT2D eigenvalue weighted by Crippen LogP contribution is 2.30. The van der Waals surface area contributed by atoms with Crippen molar-refractivity contribution in [3.8, 4) is 28.5 Å². The van der Waals surface area contributed by atoms with Crippen LogP contribution in [0.2, 0.25) is 0 Å². The number of anilines is 1. The zero-order valence-corrected chi connectivity index (χ0v) is 17.2. The average Bonchev–Trinajstić information content (AvgIpc) is 3.45. The minimum atomic E-state index is -0.881. The summed E-state index contributed by atoms with van der Waals surface area (Å²) in [5.41, 5.74) is 1.57. The number of methoxy groups -OCH3 is 1. The SMILES string of the molecule is COc1ccc(NC(=O)[C@@H](C)n2nc(-c3ccco3)c(-c3cc(C)no3)cc2=O)cc1. The van der Waals surface area contributed by atoms with Crippen molar-refractivity contribution in [2.24, 2.45) is 0 Å². The molecule has 31 heavy (non-hydrogen) atoms. The molecule has 0 aliphatic carbocycles. The Hall–Kier alpha value is -4.14. The van der Waals surface area contributed by atoms with Crippen LogP contribution in [-0.4, -0.2) is 28.0 Å². The largest absolute Gasteiger partial charge is 0.497 e. The van der Waals surface area contributed by atoms with Gasteiger partial charge in [-0.3, -0.25) is 9.59 Å². The first kappa shape index (κ1) is 20.1. The Kier molecular flexibility index (Phi) is 5.40. The van der Waals surface area contributed by atoms with Gasteiger partial charge in [0.2, 0.25) is 5.91 Å². The number of aryl methyl sites for hydroxylation is 1. The predicted molar refractivity (Wildman–Crippen MR) is 113 cm³/mol. The lowest BCUT2D eigenvalue weighted by Crippen LogP contribution is -2.33. The van der Waals surface area contributed by atoms with E-state index in [2.05, 4.69) is 15.6 Å². The van der Waals surface area contributed by atoms with Gasteiger partial charge in [0.25, 0.3) is 5.56 Å². The monoisotopic (exact) mass is 420 g/mol.